The maximum Gasteiger partial charge on any atom is 0.313 e. The van der Waals surface area contributed by atoms with Gasteiger partial charge in [-0.05, 0) is 19.8 Å². The Morgan fingerprint density at radius 2 is 1.76 bits per heavy atom. The fraction of sp³-hybridized carbons (Fsp3) is 0.840. The van der Waals surface area contributed by atoms with E-state index in [1.54, 1.807) is 26.8 Å². The number of hydrogen-bond donors (Lipinski definition) is 6. The van der Waals surface area contributed by atoms with Crippen molar-refractivity contribution in [3.05, 3.63) is 11.6 Å². The molecule has 3 aliphatic heterocycles. The standard InChI is InChI=1S/C25H34O12/c1-8-4-10(35-22-15(30)14(29)13(28)11(6-26)36-22)19(32)23(2)9(8)5-12(27)25-7-34-24(3)18(25)21(33)37-20(24)16(31)17(23)25/h4,9-11,13-20,22,26,28-32H,5-7H2,1-3H3/t9-,10-,11+,13+,14-,15+,16+,17+,18-,19+,20-,22+,23-,24+,25+/m0/s1. The van der Waals surface area contributed by atoms with Gasteiger partial charge >= 0.3 is 5.97 Å². The number of ether oxygens (including phenoxy) is 4. The second-order valence-corrected chi connectivity index (χ2v) is 12.0. The molecule has 0 unspecified atom stereocenters. The summed E-state index contributed by atoms with van der Waals surface area (Å²) < 4.78 is 23.0. The molecule has 15 atom stereocenters. The largest absolute Gasteiger partial charge is 0.456 e. The van der Waals surface area contributed by atoms with Crippen LogP contribution in [0.5, 0.6) is 0 Å². The number of aliphatic hydroxyl groups excluding tert-OH is 6. The average molecular weight is 527 g/mol. The van der Waals surface area contributed by atoms with Crippen molar-refractivity contribution in [3.63, 3.8) is 0 Å². The predicted octanol–water partition coefficient (Wildman–Crippen LogP) is -2.60. The molecular weight excluding hydrogens is 492 g/mol. The van der Waals surface area contributed by atoms with Gasteiger partial charge < -0.3 is 49.6 Å². The molecule has 0 aromatic heterocycles. The monoisotopic (exact) mass is 526 g/mol. The van der Waals surface area contributed by atoms with E-state index in [1.807, 2.05) is 0 Å². The maximum absolute atomic E-state index is 13.8. The third-order valence-electron chi connectivity index (χ3n) is 10.4. The first kappa shape index (κ1) is 25.8. The molecule has 206 valence electrons. The number of hydrogen-bond acceptors (Lipinski definition) is 12. The summed E-state index contributed by atoms with van der Waals surface area (Å²) >= 11 is 0. The van der Waals surface area contributed by atoms with Crippen LogP contribution in [0.25, 0.3) is 0 Å². The minimum absolute atomic E-state index is 0.0275. The van der Waals surface area contributed by atoms with Crippen LogP contribution in [0, 0.1) is 28.6 Å². The van der Waals surface area contributed by atoms with Crippen molar-refractivity contribution in [2.75, 3.05) is 13.2 Å². The highest BCUT2D eigenvalue weighted by atomic mass is 16.7. The van der Waals surface area contributed by atoms with E-state index in [0.717, 1.165) is 0 Å². The van der Waals surface area contributed by atoms with Gasteiger partial charge in [0, 0.05) is 17.8 Å². The SMILES string of the molecule is CC1=C[C@H](O[C@@H]2O[C@H](CO)[C@@H](O)[C@H](O)[C@H]2O)[C@@H](O)[C@@]2(C)[C@H]1CC(=O)[C@@]13CO[C@@]4(C)[C@@H](OC(=O)[C@@H]41)[C@H](O)[C@@H]32. The fourth-order valence-corrected chi connectivity index (χ4v) is 8.57. The number of Topliss-reactive ketones (excluding diaryl/α,β-unsaturated/α-hetero) is 1. The van der Waals surface area contributed by atoms with Crippen molar-refractivity contribution >= 4 is 11.8 Å². The minimum Gasteiger partial charge on any atom is -0.456 e. The molecule has 0 aromatic rings. The first-order valence-corrected chi connectivity index (χ1v) is 12.7. The summed E-state index contributed by atoms with van der Waals surface area (Å²) in [5.41, 5.74) is -2.99. The van der Waals surface area contributed by atoms with Gasteiger partial charge in [0.1, 0.15) is 47.8 Å². The molecular formula is C25H34O12. The lowest BCUT2D eigenvalue weighted by Crippen LogP contribution is -2.72. The van der Waals surface area contributed by atoms with Crippen LogP contribution < -0.4 is 0 Å². The van der Waals surface area contributed by atoms with Crippen LogP contribution in [0.3, 0.4) is 0 Å². The number of allylic oxidation sites excluding steroid dienone is 1. The van der Waals surface area contributed by atoms with Gasteiger partial charge in [0.25, 0.3) is 0 Å². The number of ketones is 1. The van der Waals surface area contributed by atoms with Gasteiger partial charge in [-0.1, -0.05) is 18.6 Å². The Balaban J connectivity index is 1.39. The summed E-state index contributed by atoms with van der Waals surface area (Å²) in [6.07, 6.45) is -10.7. The highest BCUT2D eigenvalue weighted by Gasteiger charge is 2.83. The summed E-state index contributed by atoms with van der Waals surface area (Å²) in [4.78, 5) is 26.8. The van der Waals surface area contributed by atoms with Crippen LogP contribution in [0.15, 0.2) is 11.6 Å². The maximum atomic E-state index is 13.8. The Bertz CT molecular complexity index is 1040. The van der Waals surface area contributed by atoms with E-state index in [2.05, 4.69) is 0 Å². The number of rotatable bonds is 3. The number of carbonyl (C=O) groups excluding carboxylic acids is 2. The molecule has 2 saturated carbocycles. The van der Waals surface area contributed by atoms with E-state index >= 15 is 0 Å². The lowest BCUT2D eigenvalue weighted by molar-refractivity contribution is -0.320. The lowest BCUT2D eigenvalue weighted by Gasteiger charge is -2.62. The van der Waals surface area contributed by atoms with Crippen molar-refractivity contribution in [1.29, 1.82) is 0 Å². The summed E-state index contributed by atoms with van der Waals surface area (Å²) in [7, 11) is 0. The molecule has 3 saturated heterocycles. The number of carbonyl (C=O) groups is 2. The van der Waals surface area contributed by atoms with E-state index in [9.17, 15) is 40.2 Å². The van der Waals surface area contributed by atoms with E-state index in [-0.39, 0.29) is 18.8 Å². The molecule has 3 heterocycles. The van der Waals surface area contributed by atoms with Crippen molar-refractivity contribution < 1.29 is 59.2 Å². The second-order valence-electron chi connectivity index (χ2n) is 12.0. The van der Waals surface area contributed by atoms with Crippen LogP contribution in [-0.2, 0) is 28.5 Å². The molecule has 6 N–H and O–H groups in total. The Kier molecular flexibility index (Phi) is 5.59. The molecule has 37 heavy (non-hydrogen) atoms. The summed E-state index contributed by atoms with van der Waals surface area (Å²) in [6.45, 7) is 4.51. The van der Waals surface area contributed by atoms with Crippen molar-refractivity contribution in [3.8, 4) is 0 Å². The van der Waals surface area contributed by atoms with Gasteiger partial charge in [-0.15, -0.1) is 0 Å². The van der Waals surface area contributed by atoms with Crippen LogP contribution in [0.2, 0.25) is 0 Å². The zero-order valence-electron chi connectivity index (χ0n) is 20.8. The van der Waals surface area contributed by atoms with Crippen LogP contribution in [-0.4, -0.2) is 116 Å². The third-order valence-corrected chi connectivity index (χ3v) is 10.4. The zero-order chi connectivity index (χ0) is 26.8. The molecule has 1 spiro atoms. The second kappa shape index (κ2) is 8.03. The molecule has 0 aromatic carbocycles. The normalized spacial score (nSPS) is 58.5. The molecule has 4 bridgehead atoms. The Labute approximate surface area is 212 Å². The summed E-state index contributed by atoms with van der Waals surface area (Å²) in [5.74, 6) is -3.09. The van der Waals surface area contributed by atoms with Gasteiger partial charge in [-0.3, -0.25) is 9.59 Å². The van der Waals surface area contributed by atoms with Gasteiger partial charge in [0.2, 0.25) is 0 Å². The van der Waals surface area contributed by atoms with Gasteiger partial charge in [0.05, 0.1) is 30.8 Å². The fourth-order valence-electron chi connectivity index (χ4n) is 8.57. The van der Waals surface area contributed by atoms with Gasteiger partial charge in [-0.25, -0.2) is 0 Å². The van der Waals surface area contributed by atoms with E-state index in [4.69, 9.17) is 18.9 Å². The Morgan fingerprint density at radius 1 is 1.05 bits per heavy atom. The van der Waals surface area contributed by atoms with Crippen molar-refractivity contribution in [2.45, 2.75) is 87.9 Å². The van der Waals surface area contributed by atoms with Gasteiger partial charge in [-0.2, -0.15) is 0 Å². The minimum atomic E-state index is -1.67. The van der Waals surface area contributed by atoms with Crippen molar-refractivity contribution in [2.24, 2.45) is 28.6 Å². The molecule has 6 rings (SSSR count). The van der Waals surface area contributed by atoms with E-state index in [1.165, 1.54) is 0 Å². The molecule has 0 radical (unpaired) electrons. The Morgan fingerprint density at radius 3 is 2.43 bits per heavy atom. The molecule has 6 aliphatic rings. The first-order chi connectivity index (χ1) is 17.3. The quantitative estimate of drug-likeness (QED) is 0.166. The topological polar surface area (TPSA) is 192 Å². The van der Waals surface area contributed by atoms with Crippen LogP contribution in [0.1, 0.15) is 27.2 Å². The highest BCUT2D eigenvalue weighted by Crippen LogP contribution is 2.71. The van der Waals surface area contributed by atoms with E-state index in [0.29, 0.717) is 5.57 Å². The summed E-state index contributed by atoms with van der Waals surface area (Å²) in [5, 5.41) is 63.7. The predicted molar refractivity (Wildman–Crippen MR) is 119 cm³/mol. The number of fused-ring (bicyclic) bond motifs is 2. The average Bonchev–Trinajstić information content (AvgIpc) is 3.23. The zero-order valence-corrected chi connectivity index (χ0v) is 20.8. The van der Waals surface area contributed by atoms with Crippen LogP contribution >= 0.6 is 0 Å². The number of esters is 1. The molecule has 12 heteroatoms. The summed E-state index contributed by atoms with van der Waals surface area (Å²) in [6, 6.07) is 0. The Hall–Kier alpha value is -1.48. The van der Waals surface area contributed by atoms with Crippen molar-refractivity contribution in [1.82, 2.24) is 0 Å². The molecule has 5 fully saturated rings. The number of aliphatic hydroxyl groups is 6. The third kappa shape index (κ3) is 2.94. The first-order valence-electron chi connectivity index (χ1n) is 12.7. The molecule has 12 nitrogen and oxygen atoms in total. The van der Waals surface area contributed by atoms with E-state index < -0.39 is 102 Å². The van der Waals surface area contributed by atoms with Gasteiger partial charge in [0.15, 0.2) is 12.4 Å². The smallest absolute Gasteiger partial charge is 0.313 e. The van der Waals surface area contributed by atoms with Crippen LogP contribution in [0.4, 0.5) is 0 Å². The molecule has 0 amide bonds. The molecule has 3 aliphatic carbocycles. The lowest BCUT2D eigenvalue weighted by atomic mass is 9.40. The highest BCUT2D eigenvalue weighted by molar-refractivity contribution is 5.95.